The molecule has 0 aromatic heterocycles. The van der Waals surface area contributed by atoms with Gasteiger partial charge in [-0.3, -0.25) is 0 Å². The number of hydrogen-bond acceptors (Lipinski definition) is 2. The molecule has 60 heavy (non-hydrogen) atoms. The van der Waals surface area contributed by atoms with E-state index in [1.165, 1.54) is 111 Å². The zero-order valence-electron chi connectivity index (χ0n) is 37.6. The molecule has 0 fully saturated rings. The van der Waals surface area contributed by atoms with E-state index < -0.39 is 0 Å². The second kappa shape index (κ2) is 12.1. The standard InChI is InChI=1S/C56H56B2N2/c1-53(2,3)35-18-22-40-42-24-26-49-50-52(42)60-51-43(41-23-19-36(54(4,5)6)30-45(41)58(60)44(40)29-35)28-38(56(10,11)12)32-47(51)57(50)46-31-37(55(7,8)9)20-25-48(46)59(49)39-21-17-33-15-13-14-16-34(33)27-39/h13-32H,1-12H3. The summed E-state index contributed by atoms with van der Waals surface area (Å²) in [5, 5.41) is 2.52. The summed E-state index contributed by atoms with van der Waals surface area (Å²) in [4.78, 5) is 5.41. The smallest absolute Gasteiger partial charge is 0.329 e. The van der Waals surface area contributed by atoms with Gasteiger partial charge in [0.15, 0.2) is 0 Å². The van der Waals surface area contributed by atoms with Crippen molar-refractivity contribution in [3.63, 3.8) is 0 Å². The molecule has 11 rings (SSSR count). The Morgan fingerprint density at radius 3 is 1.52 bits per heavy atom. The van der Waals surface area contributed by atoms with E-state index in [1.807, 2.05) is 0 Å². The van der Waals surface area contributed by atoms with Crippen molar-refractivity contribution >= 4 is 80.1 Å². The predicted octanol–water partition coefficient (Wildman–Crippen LogP) is 11.5. The Kier molecular flexibility index (Phi) is 7.56. The molecular weight excluding hydrogens is 722 g/mol. The van der Waals surface area contributed by atoms with Gasteiger partial charge in [0.25, 0.3) is 6.71 Å². The van der Waals surface area contributed by atoms with Crippen LogP contribution in [0, 0.1) is 0 Å². The molecule has 0 bridgehead atoms. The van der Waals surface area contributed by atoms with E-state index in [1.54, 1.807) is 0 Å². The minimum atomic E-state index is -0.0448. The lowest BCUT2D eigenvalue weighted by atomic mass is 9.30. The first-order valence-corrected chi connectivity index (χ1v) is 22.2. The number of nitrogens with zero attached hydrogens (tertiary/aromatic N) is 2. The minimum Gasteiger partial charge on any atom is -0.377 e. The maximum Gasteiger partial charge on any atom is 0.329 e. The van der Waals surface area contributed by atoms with Gasteiger partial charge >= 0.3 is 6.85 Å². The molecule has 0 radical (unpaired) electrons. The van der Waals surface area contributed by atoms with Gasteiger partial charge in [0.05, 0.1) is 0 Å². The zero-order chi connectivity index (χ0) is 42.0. The van der Waals surface area contributed by atoms with Crippen molar-refractivity contribution in [3.8, 4) is 22.3 Å². The van der Waals surface area contributed by atoms with Crippen LogP contribution in [0.1, 0.15) is 105 Å². The molecule has 4 heterocycles. The van der Waals surface area contributed by atoms with E-state index in [9.17, 15) is 0 Å². The van der Waals surface area contributed by atoms with E-state index in [2.05, 4.69) is 214 Å². The zero-order valence-corrected chi connectivity index (χ0v) is 37.6. The van der Waals surface area contributed by atoms with E-state index >= 15 is 0 Å². The van der Waals surface area contributed by atoms with Crippen LogP contribution in [0.15, 0.2) is 121 Å². The summed E-state index contributed by atoms with van der Waals surface area (Å²) in [5.41, 5.74) is 24.5. The van der Waals surface area contributed by atoms with Gasteiger partial charge in [-0.05, 0) is 123 Å². The maximum atomic E-state index is 2.82. The second-order valence-corrected chi connectivity index (χ2v) is 22.3. The molecule has 0 N–H and O–H groups in total. The van der Waals surface area contributed by atoms with Crippen LogP contribution in [0.5, 0.6) is 0 Å². The van der Waals surface area contributed by atoms with Crippen LogP contribution in [0.25, 0.3) is 33.0 Å². The van der Waals surface area contributed by atoms with Crippen molar-refractivity contribution in [2.45, 2.75) is 105 Å². The number of rotatable bonds is 1. The SMILES string of the molecule is CC(C)(C)c1ccc2c(c1)B1c3cc(C(C)(C)C)ccc3-c3ccc4c5c3N1c1c(cc(C(C)(C)C)cc1-2)B5c1cc(C(C)(C)C)ccc1N4c1ccc2ccccc2c1. The molecule has 0 atom stereocenters. The first-order valence-electron chi connectivity index (χ1n) is 22.2. The van der Waals surface area contributed by atoms with E-state index in [4.69, 9.17) is 0 Å². The third-order valence-corrected chi connectivity index (χ3v) is 14.2. The largest absolute Gasteiger partial charge is 0.377 e. The molecule has 0 saturated carbocycles. The Morgan fingerprint density at radius 2 is 0.900 bits per heavy atom. The van der Waals surface area contributed by atoms with Gasteiger partial charge in [-0.15, -0.1) is 0 Å². The van der Waals surface area contributed by atoms with E-state index in [-0.39, 0.29) is 35.2 Å². The van der Waals surface area contributed by atoms with Crippen LogP contribution in [0.2, 0.25) is 0 Å². The van der Waals surface area contributed by atoms with Crippen molar-refractivity contribution < 1.29 is 0 Å². The summed E-state index contributed by atoms with van der Waals surface area (Å²) < 4.78 is 0. The Labute approximate surface area is 358 Å². The summed E-state index contributed by atoms with van der Waals surface area (Å²) in [7, 11) is 0. The topological polar surface area (TPSA) is 6.48 Å². The van der Waals surface area contributed by atoms with Crippen LogP contribution in [0.3, 0.4) is 0 Å². The fourth-order valence-corrected chi connectivity index (χ4v) is 10.8. The summed E-state index contributed by atoms with van der Waals surface area (Å²) in [5.74, 6) is 0. The number of benzene rings is 7. The Morgan fingerprint density at radius 1 is 0.383 bits per heavy atom. The molecule has 0 amide bonds. The van der Waals surface area contributed by atoms with Gasteiger partial charge in [-0.25, -0.2) is 0 Å². The maximum absolute atomic E-state index is 2.82. The van der Waals surface area contributed by atoms with Gasteiger partial charge in [0, 0.05) is 39.6 Å². The lowest BCUT2D eigenvalue weighted by molar-refractivity contribution is 0.590. The summed E-state index contributed by atoms with van der Waals surface area (Å²) >= 11 is 0. The first kappa shape index (κ1) is 37.5. The molecule has 2 nitrogen and oxygen atoms in total. The van der Waals surface area contributed by atoms with Crippen LogP contribution >= 0.6 is 0 Å². The Hall–Kier alpha value is -5.47. The van der Waals surface area contributed by atoms with Gasteiger partial charge < -0.3 is 9.71 Å². The Balaban J connectivity index is 1.32. The van der Waals surface area contributed by atoms with Crippen LogP contribution in [-0.4, -0.2) is 13.6 Å². The van der Waals surface area contributed by atoms with Gasteiger partial charge in [-0.1, -0.05) is 174 Å². The molecule has 7 aromatic carbocycles. The van der Waals surface area contributed by atoms with Gasteiger partial charge in [-0.2, -0.15) is 0 Å². The van der Waals surface area contributed by atoms with Crippen molar-refractivity contribution in [2.75, 3.05) is 9.71 Å². The molecule has 0 spiro atoms. The third kappa shape index (κ3) is 5.28. The molecule has 296 valence electrons. The lowest BCUT2D eigenvalue weighted by Gasteiger charge is -2.52. The average Bonchev–Trinajstić information content (AvgIpc) is 3.19. The van der Waals surface area contributed by atoms with E-state index in [0.717, 1.165) is 0 Å². The quantitative estimate of drug-likeness (QED) is 0.153. The Bertz CT molecular complexity index is 3000. The average molecular weight is 779 g/mol. The lowest BCUT2D eigenvalue weighted by Crippen LogP contribution is -2.69. The second-order valence-electron chi connectivity index (χ2n) is 22.3. The van der Waals surface area contributed by atoms with Crippen LogP contribution < -0.4 is 37.0 Å². The highest BCUT2D eigenvalue weighted by molar-refractivity contribution is 7.03. The fraction of sp³-hybridized carbons (Fsp3) is 0.286. The third-order valence-electron chi connectivity index (χ3n) is 14.2. The number of hydrogen-bond donors (Lipinski definition) is 0. The van der Waals surface area contributed by atoms with Crippen molar-refractivity contribution in [2.24, 2.45) is 0 Å². The summed E-state index contributed by atoms with van der Waals surface area (Å²) in [6.07, 6.45) is 0. The highest BCUT2D eigenvalue weighted by Gasteiger charge is 2.52. The summed E-state index contributed by atoms with van der Waals surface area (Å²) in [6, 6.07) is 48.1. The summed E-state index contributed by atoms with van der Waals surface area (Å²) in [6.45, 7) is 28.4. The molecule has 4 aliphatic rings. The van der Waals surface area contributed by atoms with Gasteiger partial charge in [0.1, 0.15) is 0 Å². The first-order chi connectivity index (χ1) is 28.3. The molecule has 0 aliphatic carbocycles. The highest BCUT2D eigenvalue weighted by atomic mass is 15.2. The fourth-order valence-electron chi connectivity index (χ4n) is 10.8. The molecular formula is C56H56B2N2. The molecule has 4 heteroatoms. The van der Waals surface area contributed by atoms with Crippen LogP contribution in [0.4, 0.5) is 28.4 Å². The number of anilines is 5. The van der Waals surface area contributed by atoms with Crippen molar-refractivity contribution in [1.29, 1.82) is 0 Å². The molecule has 7 aromatic rings. The molecule has 0 saturated heterocycles. The van der Waals surface area contributed by atoms with Crippen molar-refractivity contribution in [3.05, 3.63) is 144 Å². The van der Waals surface area contributed by atoms with Crippen LogP contribution in [-0.2, 0) is 21.7 Å². The monoisotopic (exact) mass is 778 g/mol. The molecule has 0 unspecified atom stereocenters. The molecule has 4 aliphatic heterocycles. The number of fused-ring (bicyclic) bond motifs is 10. The normalized spacial score (nSPS) is 14.9. The predicted molar refractivity (Wildman–Crippen MR) is 263 cm³/mol. The van der Waals surface area contributed by atoms with E-state index in [0.29, 0.717) is 0 Å². The minimum absolute atomic E-state index is 0.00884. The highest BCUT2D eigenvalue weighted by Crippen LogP contribution is 2.52. The van der Waals surface area contributed by atoms with Gasteiger partial charge in [0.2, 0.25) is 0 Å². The van der Waals surface area contributed by atoms with Crippen molar-refractivity contribution in [1.82, 2.24) is 0 Å².